The second kappa shape index (κ2) is 8.82. The van der Waals surface area contributed by atoms with Gasteiger partial charge in [0.25, 0.3) is 0 Å². The second-order valence-electron chi connectivity index (χ2n) is 7.01. The molecule has 1 aromatic carbocycles. The standard InChI is InChI=1S/C21H27N3O4/c1-15-8-9-18(28-15)14-24(17-10-12-23(13-11-17)16(2)25)21(26)22-19-6-4-5-7-20(19)27-3/h4-9,17H,10-14H2,1-3H3,(H,22,26). The van der Waals surface area contributed by atoms with E-state index in [1.54, 1.807) is 25.0 Å². The highest BCUT2D eigenvalue weighted by Gasteiger charge is 2.30. The molecule has 2 heterocycles. The molecule has 0 aliphatic carbocycles. The molecule has 0 radical (unpaired) electrons. The molecule has 2 aromatic rings. The van der Waals surface area contributed by atoms with Crippen molar-refractivity contribution in [1.82, 2.24) is 9.80 Å². The van der Waals surface area contributed by atoms with Crippen molar-refractivity contribution < 1.29 is 18.7 Å². The van der Waals surface area contributed by atoms with Crippen LogP contribution in [0.1, 0.15) is 31.3 Å². The molecule has 3 amide bonds. The molecule has 1 aliphatic heterocycles. The summed E-state index contributed by atoms with van der Waals surface area (Å²) >= 11 is 0. The summed E-state index contributed by atoms with van der Waals surface area (Å²) in [6.45, 7) is 5.14. The molecule has 0 unspecified atom stereocenters. The molecular weight excluding hydrogens is 358 g/mol. The lowest BCUT2D eigenvalue weighted by Gasteiger charge is -2.38. The van der Waals surface area contributed by atoms with Gasteiger partial charge in [-0.05, 0) is 44.0 Å². The number of piperidine rings is 1. The number of hydrogen-bond acceptors (Lipinski definition) is 4. The molecule has 0 bridgehead atoms. The molecular formula is C21H27N3O4. The number of likely N-dealkylation sites (tertiary alicyclic amines) is 1. The quantitative estimate of drug-likeness (QED) is 0.853. The van der Waals surface area contributed by atoms with Crippen LogP contribution in [0.15, 0.2) is 40.8 Å². The highest BCUT2D eigenvalue weighted by Crippen LogP contribution is 2.26. The van der Waals surface area contributed by atoms with Gasteiger partial charge in [-0.2, -0.15) is 0 Å². The summed E-state index contributed by atoms with van der Waals surface area (Å²) in [6, 6.07) is 10.9. The van der Waals surface area contributed by atoms with Gasteiger partial charge < -0.3 is 24.3 Å². The van der Waals surface area contributed by atoms with Crippen molar-refractivity contribution >= 4 is 17.6 Å². The normalized spacial score (nSPS) is 14.6. The monoisotopic (exact) mass is 385 g/mol. The third-order valence-electron chi connectivity index (χ3n) is 5.08. The van der Waals surface area contributed by atoms with Crippen LogP contribution >= 0.6 is 0 Å². The fourth-order valence-electron chi connectivity index (χ4n) is 3.53. The second-order valence-corrected chi connectivity index (χ2v) is 7.01. The van der Waals surface area contributed by atoms with Crippen molar-refractivity contribution in [2.75, 3.05) is 25.5 Å². The Kier molecular flexibility index (Phi) is 6.23. The van der Waals surface area contributed by atoms with E-state index in [0.717, 1.165) is 24.4 Å². The zero-order valence-corrected chi connectivity index (χ0v) is 16.6. The number of hydrogen-bond donors (Lipinski definition) is 1. The lowest BCUT2D eigenvalue weighted by molar-refractivity contribution is -0.130. The van der Waals surface area contributed by atoms with Gasteiger partial charge >= 0.3 is 6.03 Å². The van der Waals surface area contributed by atoms with Crippen molar-refractivity contribution in [2.45, 2.75) is 39.3 Å². The summed E-state index contributed by atoms with van der Waals surface area (Å²) in [5.74, 6) is 2.23. The minimum Gasteiger partial charge on any atom is -0.495 e. The number of carbonyl (C=O) groups excluding carboxylic acids is 2. The number of anilines is 1. The van der Waals surface area contributed by atoms with E-state index in [9.17, 15) is 9.59 Å². The van der Waals surface area contributed by atoms with E-state index in [1.165, 1.54) is 0 Å². The van der Waals surface area contributed by atoms with E-state index in [-0.39, 0.29) is 18.0 Å². The van der Waals surface area contributed by atoms with Gasteiger partial charge in [-0.3, -0.25) is 4.79 Å². The van der Waals surface area contributed by atoms with Crippen LogP contribution in [0.5, 0.6) is 5.75 Å². The maximum absolute atomic E-state index is 13.1. The van der Waals surface area contributed by atoms with Gasteiger partial charge in [-0.15, -0.1) is 0 Å². The molecule has 0 spiro atoms. The minimum absolute atomic E-state index is 0.0238. The Morgan fingerprint density at radius 1 is 1.21 bits per heavy atom. The van der Waals surface area contributed by atoms with Crippen molar-refractivity contribution in [2.24, 2.45) is 0 Å². The van der Waals surface area contributed by atoms with Crippen molar-refractivity contribution in [3.63, 3.8) is 0 Å². The van der Waals surface area contributed by atoms with E-state index in [2.05, 4.69) is 5.32 Å². The first-order valence-electron chi connectivity index (χ1n) is 9.49. The number of nitrogens with zero attached hydrogens (tertiary/aromatic N) is 2. The molecule has 0 atom stereocenters. The van der Waals surface area contributed by atoms with Crippen LogP contribution in [0.3, 0.4) is 0 Å². The number of rotatable bonds is 5. The van der Waals surface area contributed by atoms with E-state index >= 15 is 0 Å². The summed E-state index contributed by atoms with van der Waals surface area (Å²) in [5.41, 5.74) is 0.622. The fraction of sp³-hybridized carbons (Fsp3) is 0.429. The number of ether oxygens (including phenoxy) is 1. The average molecular weight is 385 g/mol. The zero-order valence-electron chi connectivity index (χ0n) is 16.6. The number of nitrogens with one attached hydrogen (secondary N) is 1. The van der Waals surface area contributed by atoms with Gasteiger partial charge in [0.05, 0.1) is 19.3 Å². The highest BCUT2D eigenvalue weighted by molar-refractivity contribution is 5.91. The van der Waals surface area contributed by atoms with Crippen LogP contribution in [0.2, 0.25) is 0 Å². The average Bonchev–Trinajstić information content (AvgIpc) is 3.11. The number of para-hydroxylation sites is 2. The zero-order chi connectivity index (χ0) is 20.1. The van der Waals surface area contributed by atoms with Crippen LogP contribution in [-0.2, 0) is 11.3 Å². The van der Waals surface area contributed by atoms with E-state index in [1.807, 2.05) is 42.2 Å². The summed E-state index contributed by atoms with van der Waals surface area (Å²) in [4.78, 5) is 28.4. The summed E-state index contributed by atoms with van der Waals surface area (Å²) in [7, 11) is 1.58. The molecule has 1 aromatic heterocycles. The first-order chi connectivity index (χ1) is 13.5. The number of methoxy groups -OCH3 is 1. The Bertz CT molecular complexity index is 825. The molecule has 0 saturated carbocycles. The number of urea groups is 1. The van der Waals surface area contributed by atoms with Crippen LogP contribution in [0.4, 0.5) is 10.5 Å². The molecule has 7 nitrogen and oxygen atoms in total. The Balaban J connectivity index is 1.77. The van der Waals surface area contributed by atoms with Gasteiger partial charge in [0.1, 0.15) is 17.3 Å². The Morgan fingerprint density at radius 2 is 1.93 bits per heavy atom. The topological polar surface area (TPSA) is 75.0 Å². The largest absolute Gasteiger partial charge is 0.495 e. The molecule has 28 heavy (non-hydrogen) atoms. The molecule has 3 rings (SSSR count). The minimum atomic E-state index is -0.208. The van der Waals surface area contributed by atoms with Crippen molar-refractivity contribution in [3.05, 3.63) is 47.9 Å². The van der Waals surface area contributed by atoms with Gasteiger partial charge in [0.2, 0.25) is 5.91 Å². The third kappa shape index (κ3) is 4.65. The molecule has 1 saturated heterocycles. The van der Waals surface area contributed by atoms with E-state index < -0.39 is 0 Å². The van der Waals surface area contributed by atoms with E-state index in [0.29, 0.717) is 31.1 Å². The lowest BCUT2D eigenvalue weighted by atomic mass is 10.0. The predicted octanol–water partition coefficient (Wildman–Crippen LogP) is 3.64. The fourth-order valence-corrected chi connectivity index (χ4v) is 3.53. The SMILES string of the molecule is COc1ccccc1NC(=O)N(Cc1ccc(C)o1)C1CCN(C(C)=O)CC1. The van der Waals surface area contributed by atoms with Gasteiger partial charge in [-0.1, -0.05) is 12.1 Å². The smallest absolute Gasteiger partial charge is 0.322 e. The number of benzene rings is 1. The van der Waals surface area contributed by atoms with Crippen LogP contribution < -0.4 is 10.1 Å². The summed E-state index contributed by atoms with van der Waals surface area (Å²) in [6.07, 6.45) is 1.47. The summed E-state index contributed by atoms with van der Waals surface area (Å²) in [5, 5.41) is 2.96. The maximum Gasteiger partial charge on any atom is 0.322 e. The van der Waals surface area contributed by atoms with Gasteiger partial charge in [-0.25, -0.2) is 4.79 Å². The molecule has 1 N–H and O–H groups in total. The first-order valence-corrected chi connectivity index (χ1v) is 9.49. The van der Waals surface area contributed by atoms with E-state index in [4.69, 9.17) is 9.15 Å². The molecule has 1 fully saturated rings. The van der Waals surface area contributed by atoms with Crippen molar-refractivity contribution in [1.29, 1.82) is 0 Å². The number of amides is 3. The summed E-state index contributed by atoms with van der Waals surface area (Å²) < 4.78 is 11.0. The number of furan rings is 1. The van der Waals surface area contributed by atoms with Crippen LogP contribution in [-0.4, -0.2) is 48.0 Å². The van der Waals surface area contributed by atoms with Crippen LogP contribution in [0, 0.1) is 6.92 Å². The molecule has 150 valence electrons. The lowest BCUT2D eigenvalue weighted by Crippen LogP contribution is -2.49. The first kappa shape index (κ1) is 19.8. The maximum atomic E-state index is 13.1. The van der Waals surface area contributed by atoms with Crippen LogP contribution in [0.25, 0.3) is 0 Å². The Labute approximate surface area is 165 Å². The molecule has 7 heteroatoms. The Morgan fingerprint density at radius 3 is 2.54 bits per heavy atom. The third-order valence-corrected chi connectivity index (χ3v) is 5.08. The van der Waals surface area contributed by atoms with Gasteiger partial charge in [0, 0.05) is 26.1 Å². The number of aryl methyl sites for hydroxylation is 1. The highest BCUT2D eigenvalue weighted by atomic mass is 16.5. The van der Waals surface area contributed by atoms with Gasteiger partial charge in [0.15, 0.2) is 0 Å². The van der Waals surface area contributed by atoms with Crippen molar-refractivity contribution in [3.8, 4) is 5.75 Å². The Hall–Kier alpha value is -2.96. The number of carbonyl (C=O) groups is 2. The predicted molar refractivity (Wildman–Crippen MR) is 106 cm³/mol. The molecule has 1 aliphatic rings.